The summed E-state index contributed by atoms with van der Waals surface area (Å²) in [5.74, 6) is -0.391. The van der Waals surface area contributed by atoms with Gasteiger partial charge in [0.1, 0.15) is 5.69 Å². The van der Waals surface area contributed by atoms with Gasteiger partial charge in [-0.2, -0.15) is 0 Å². The summed E-state index contributed by atoms with van der Waals surface area (Å²) in [6, 6.07) is 23.4. The maximum absolute atomic E-state index is 13.2. The van der Waals surface area contributed by atoms with Gasteiger partial charge in [0.2, 0.25) is 0 Å². The van der Waals surface area contributed by atoms with E-state index in [-0.39, 0.29) is 12.6 Å². The molecule has 1 saturated heterocycles. The van der Waals surface area contributed by atoms with Crippen molar-refractivity contribution < 1.29 is 14.3 Å². The van der Waals surface area contributed by atoms with Gasteiger partial charge in [-0.25, -0.2) is 9.59 Å². The second-order valence-electron chi connectivity index (χ2n) is 10.4. The number of amides is 2. The maximum Gasteiger partial charge on any atom is 0.355 e. The maximum atomic E-state index is 13.2. The van der Waals surface area contributed by atoms with E-state index in [0.29, 0.717) is 23.1 Å². The van der Waals surface area contributed by atoms with Crippen molar-refractivity contribution in [2.24, 2.45) is 0 Å². The molecule has 8 nitrogen and oxygen atoms in total. The molecule has 208 valence electrons. The Morgan fingerprint density at radius 3 is 2.42 bits per heavy atom. The number of hydrogen-bond acceptors (Lipinski definition) is 5. The van der Waals surface area contributed by atoms with Crippen molar-refractivity contribution in [1.82, 2.24) is 9.47 Å². The summed E-state index contributed by atoms with van der Waals surface area (Å²) in [6.07, 6.45) is 2.08. The van der Waals surface area contributed by atoms with Gasteiger partial charge in [0, 0.05) is 29.9 Å². The molecule has 40 heavy (non-hydrogen) atoms. The van der Waals surface area contributed by atoms with Crippen LogP contribution in [0.15, 0.2) is 72.8 Å². The minimum Gasteiger partial charge on any atom is -0.461 e. The third kappa shape index (κ3) is 5.82. The number of rotatable bonds is 7. The minimum absolute atomic E-state index is 0.284. The summed E-state index contributed by atoms with van der Waals surface area (Å²) in [5, 5.41) is 6.97. The number of likely N-dealkylation sites (tertiary alicyclic amines) is 1. The van der Waals surface area contributed by atoms with Gasteiger partial charge < -0.3 is 29.7 Å². The first-order chi connectivity index (χ1) is 19.3. The van der Waals surface area contributed by atoms with E-state index in [4.69, 9.17) is 4.74 Å². The van der Waals surface area contributed by atoms with Crippen LogP contribution in [0.1, 0.15) is 35.8 Å². The van der Waals surface area contributed by atoms with Gasteiger partial charge in [-0.3, -0.25) is 0 Å². The molecule has 8 heteroatoms. The molecule has 0 atom stereocenters. The molecule has 2 N–H and O–H groups in total. The molecule has 4 aromatic rings. The quantitative estimate of drug-likeness (QED) is 0.270. The smallest absolute Gasteiger partial charge is 0.355 e. The average molecular weight is 540 g/mol. The van der Waals surface area contributed by atoms with Gasteiger partial charge in [0.25, 0.3) is 0 Å². The molecule has 1 aromatic heterocycles. The van der Waals surface area contributed by atoms with E-state index in [0.717, 1.165) is 53.8 Å². The van der Waals surface area contributed by atoms with E-state index in [9.17, 15) is 9.59 Å². The zero-order valence-electron chi connectivity index (χ0n) is 23.6. The summed E-state index contributed by atoms with van der Waals surface area (Å²) >= 11 is 0. The summed E-state index contributed by atoms with van der Waals surface area (Å²) in [7, 11) is 4.24. The first kappa shape index (κ1) is 27.3. The number of carbonyl (C=O) groups excluding carboxylic acids is 2. The van der Waals surface area contributed by atoms with E-state index < -0.39 is 5.97 Å². The monoisotopic (exact) mass is 539 g/mol. The van der Waals surface area contributed by atoms with E-state index in [2.05, 4.69) is 34.5 Å². The van der Waals surface area contributed by atoms with Crippen molar-refractivity contribution in [3.63, 3.8) is 0 Å². The number of para-hydroxylation sites is 1. The molecule has 0 bridgehead atoms. The number of urea groups is 1. The van der Waals surface area contributed by atoms with Crippen LogP contribution in [0.3, 0.4) is 0 Å². The average Bonchev–Trinajstić information content (AvgIpc) is 3.34. The Hall–Kier alpha value is -4.30. The Morgan fingerprint density at radius 2 is 1.70 bits per heavy atom. The van der Waals surface area contributed by atoms with Crippen molar-refractivity contribution in [3.05, 3.63) is 84.1 Å². The minimum atomic E-state index is -0.391. The summed E-state index contributed by atoms with van der Waals surface area (Å²) in [5.41, 5.74) is 5.51. The Labute approximate surface area is 235 Å². The summed E-state index contributed by atoms with van der Waals surface area (Å²) in [6.45, 7) is 6.15. The van der Waals surface area contributed by atoms with E-state index in [1.54, 1.807) is 6.92 Å². The Balaban J connectivity index is 1.55. The van der Waals surface area contributed by atoms with Crippen LogP contribution >= 0.6 is 0 Å². The highest BCUT2D eigenvalue weighted by Gasteiger charge is 2.24. The lowest BCUT2D eigenvalue weighted by atomic mass is 10.0. The van der Waals surface area contributed by atoms with Crippen LogP contribution in [-0.2, 0) is 4.74 Å². The fourth-order valence-corrected chi connectivity index (χ4v) is 5.36. The van der Waals surface area contributed by atoms with Crippen LogP contribution in [0.25, 0.3) is 16.6 Å². The molecule has 0 aliphatic carbocycles. The molecule has 0 radical (unpaired) electrons. The summed E-state index contributed by atoms with van der Waals surface area (Å²) in [4.78, 5) is 30.8. The largest absolute Gasteiger partial charge is 0.461 e. The van der Waals surface area contributed by atoms with Crippen LogP contribution in [-0.4, -0.2) is 61.3 Å². The SMILES string of the molecule is CCOC(=O)c1cc2ccccc2n1-c1ccc(N(C)C2CCN(C)CC2)c(NC(=O)Nc2ccc(C)cc2)c1. The molecule has 1 fully saturated rings. The lowest BCUT2D eigenvalue weighted by Crippen LogP contribution is -2.42. The molecule has 1 aliphatic heterocycles. The third-order valence-corrected chi connectivity index (χ3v) is 7.61. The van der Waals surface area contributed by atoms with Crippen LogP contribution in [0, 0.1) is 6.92 Å². The second kappa shape index (κ2) is 11.8. The normalized spacial score (nSPS) is 14.2. The first-order valence-electron chi connectivity index (χ1n) is 13.8. The van der Waals surface area contributed by atoms with Gasteiger partial charge in [-0.1, -0.05) is 35.9 Å². The lowest BCUT2D eigenvalue weighted by Gasteiger charge is -2.37. The number of aromatic nitrogens is 1. The molecule has 1 aliphatic rings. The number of ether oxygens (including phenoxy) is 1. The molecular formula is C32H37N5O3. The standard InChI is InChI=1S/C32H37N5O3/c1-5-40-31(38)30-20-23-8-6-7-9-28(23)37(30)26-14-15-29(36(4)25-16-18-35(3)19-17-25)27(21-26)34-32(39)33-24-12-10-22(2)11-13-24/h6-15,20-21,25H,5,16-19H2,1-4H3,(H2,33,34,39). The zero-order valence-corrected chi connectivity index (χ0v) is 23.6. The highest BCUT2D eigenvalue weighted by atomic mass is 16.5. The fraction of sp³-hybridized carbons (Fsp3) is 0.312. The van der Waals surface area contributed by atoms with Crippen LogP contribution in [0.4, 0.5) is 21.9 Å². The van der Waals surface area contributed by atoms with Gasteiger partial charge in [0.15, 0.2) is 0 Å². The number of aryl methyl sites for hydroxylation is 1. The number of nitrogens with one attached hydrogen (secondary N) is 2. The first-order valence-corrected chi connectivity index (χ1v) is 13.8. The molecule has 2 heterocycles. The van der Waals surface area contributed by atoms with Crippen molar-refractivity contribution in [3.8, 4) is 5.69 Å². The zero-order chi connectivity index (χ0) is 28.2. The number of benzene rings is 3. The van der Waals surface area contributed by atoms with E-state index in [1.165, 1.54) is 0 Å². The Kier molecular flexibility index (Phi) is 8.07. The van der Waals surface area contributed by atoms with Crippen LogP contribution < -0.4 is 15.5 Å². The molecule has 3 aromatic carbocycles. The molecule has 0 spiro atoms. The molecule has 0 saturated carbocycles. The number of fused-ring (bicyclic) bond motifs is 1. The van der Waals surface area contributed by atoms with Crippen molar-refractivity contribution in [2.75, 3.05) is 49.3 Å². The molecule has 2 amide bonds. The van der Waals surface area contributed by atoms with Crippen molar-refractivity contribution >= 4 is 40.0 Å². The lowest BCUT2D eigenvalue weighted by molar-refractivity contribution is 0.0517. The van der Waals surface area contributed by atoms with Crippen LogP contribution in [0.5, 0.6) is 0 Å². The Bertz CT molecular complexity index is 1500. The highest BCUT2D eigenvalue weighted by molar-refractivity contribution is 6.02. The third-order valence-electron chi connectivity index (χ3n) is 7.61. The number of esters is 1. The fourth-order valence-electron chi connectivity index (χ4n) is 5.36. The van der Waals surface area contributed by atoms with Gasteiger partial charge in [-0.05, 0) is 89.3 Å². The van der Waals surface area contributed by atoms with E-state index >= 15 is 0 Å². The predicted octanol–water partition coefficient (Wildman–Crippen LogP) is 6.29. The van der Waals surface area contributed by atoms with Crippen molar-refractivity contribution in [2.45, 2.75) is 32.7 Å². The number of hydrogen-bond donors (Lipinski definition) is 2. The van der Waals surface area contributed by atoms with E-state index in [1.807, 2.05) is 84.3 Å². The predicted molar refractivity (Wildman–Crippen MR) is 162 cm³/mol. The van der Waals surface area contributed by atoms with Crippen LogP contribution in [0.2, 0.25) is 0 Å². The molecule has 5 rings (SSSR count). The van der Waals surface area contributed by atoms with Gasteiger partial charge in [-0.15, -0.1) is 0 Å². The number of piperidine rings is 1. The highest BCUT2D eigenvalue weighted by Crippen LogP contribution is 2.34. The topological polar surface area (TPSA) is 78.8 Å². The number of nitrogens with zero attached hydrogens (tertiary/aromatic N) is 3. The molecule has 0 unspecified atom stereocenters. The number of anilines is 3. The summed E-state index contributed by atoms with van der Waals surface area (Å²) < 4.78 is 7.29. The number of carbonyl (C=O) groups is 2. The van der Waals surface area contributed by atoms with Crippen molar-refractivity contribution in [1.29, 1.82) is 0 Å². The molecular weight excluding hydrogens is 502 g/mol. The Morgan fingerprint density at radius 1 is 0.975 bits per heavy atom. The van der Waals surface area contributed by atoms with Gasteiger partial charge >= 0.3 is 12.0 Å². The second-order valence-corrected chi connectivity index (χ2v) is 10.4. The van der Waals surface area contributed by atoms with Gasteiger partial charge in [0.05, 0.1) is 23.5 Å².